The number of nitrogens with zero attached hydrogens (tertiary/aromatic N) is 2. The third kappa shape index (κ3) is 4.94. The number of benzene rings is 3. The van der Waals surface area contributed by atoms with Gasteiger partial charge in [0.2, 0.25) is 0 Å². The Labute approximate surface area is 194 Å². The van der Waals surface area contributed by atoms with Gasteiger partial charge in [-0.15, -0.1) is 0 Å². The Bertz CT molecular complexity index is 1270. The maximum Gasteiger partial charge on any atom is 0.270 e. The van der Waals surface area contributed by atoms with Gasteiger partial charge in [-0.2, -0.15) is 0 Å². The van der Waals surface area contributed by atoms with E-state index in [-0.39, 0.29) is 23.0 Å². The highest BCUT2D eigenvalue weighted by Gasteiger charge is 2.34. The molecular formula is C24H17N3O5S. The highest BCUT2D eigenvalue weighted by Crippen LogP contribution is 2.23. The van der Waals surface area contributed by atoms with Gasteiger partial charge in [0.25, 0.3) is 17.5 Å². The summed E-state index contributed by atoms with van der Waals surface area (Å²) in [5, 5.41) is 13.5. The molecule has 0 saturated carbocycles. The topological polar surface area (TPSA) is 102 Å². The first-order chi connectivity index (χ1) is 15.9. The summed E-state index contributed by atoms with van der Waals surface area (Å²) in [4.78, 5) is 37.1. The Balaban J connectivity index is 1.49. The minimum Gasteiger partial charge on any atom is -0.489 e. The summed E-state index contributed by atoms with van der Waals surface area (Å²) in [7, 11) is 0. The van der Waals surface area contributed by atoms with E-state index < -0.39 is 16.7 Å². The highest BCUT2D eigenvalue weighted by atomic mass is 32.1. The van der Waals surface area contributed by atoms with Crippen LogP contribution in [-0.2, 0) is 16.2 Å². The first kappa shape index (κ1) is 21.8. The molecule has 0 aromatic heterocycles. The van der Waals surface area contributed by atoms with Crippen molar-refractivity contribution in [3.05, 3.63) is 106 Å². The van der Waals surface area contributed by atoms with E-state index in [0.717, 1.165) is 0 Å². The largest absolute Gasteiger partial charge is 0.489 e. The Morgan fingerprint density at radius 2 is 1.73 bits per heavy atom. The smallest absolute Gasteiger partial charge is 0.270 e. The summed E-state index contributed by atoms with van der Waals surface area (Å²) in [6.07, 6.45) is 1.49. The van der Waals surface area contributed by atoms with Crippen LogP contribution >= 0.6 is 12.2 Å². The van der Waals surface area contributed by atoms with E-state index in [0.29, 0.717) is 22.6 Å². The predicted molar refractivity (Wildman–Crippen MR) is 127 cm³/mol. The predicted octanol–water partition coefficient (Wildman–Crippen LogP) is 4.01. The molecule has 2 amide bonds. The van der Waals surface area contributed by atoms with Gasteiger partial charge in [-0.1, -0.05) is 42.5 Å². The van der Waals surface area contributed by atoms with Crippen LogP contribution in [0.4, 0.5) is 11.4 Å². The number of nitrogens with one attached hydrogen (secondary N) is 1. The van der Waals surface area contributed by atoms with Crippen molar-refractivity contribution in [3.8, 4) is 5.75 Å². The fourth-order valence-electron chi connectivity index (χ4n) is 3.22. The van der Waals surface area contributed by atoms with E-state index in [1.807, 2.05) is 6.07 Å². The fourth-order valence-corrected chi connectivity index (χ4v) is 3.50. The maximum atomic E-state index is 13.0. The number of hydrogen-bond acceptors (Lipinski definition) is 6. The summed E-state index contributed by atoms with van der Waals surface area (Å²) in [5.74, 6) is -0.542. The van der Waals surface area contributed by atoms with Crippen molar-refractivity contribution in [2.24, 2.45) is 0 Å². The van der Waals surface area contributed by atoms with Gasteiger partial charge in [-0.25, -0.2) is 0 Å². The van der Waals surface area contributed by atoms with Crippen LogP contribution in [0.2, 0.25) is 0 Å². The van der Waals surface area contributed by atoms with Crippen LogP contribution in [-0.4, -0.2) is 21.9 Å². The van der Waals surface area contributed by atoms with Crippen molar-refractivity contribution in [1.82, 2.24) is 5.32 Å². The van der Waals surface area contributed by atoms with Gasteiger partial charge in [0, 0.05) is 12.1 Å². The molecule has 33 heavy (non-hydrogen) atoms. The minimum absolute atomic E-state index is 0.00229. The molecule has 1 N–H and O–H groups in total. The Morgan fingerprint density at radius 1 is 1.00 bits per heavy atom. The Kier molecular flexibility index (Phi) is 6.23. The summed E-state index contributed by atoms with van der Waals surface area (Å²) in [6.45, 7) is 0.159. The number of thiocarbonyl (C=S) groups is 1. The molecule has 0 spiro atoms. The van der Waals surface area contributed by atoms with Gasteiger partial charge in [-0.05, 0) is 53.7 Å². The highest BCUT2D eigenvalue weighted by molar-refractivity contribution is 7.80. The lowest BCUT2D eigenvalue weighted by molar-refractivity contribution is -0.384. The molecular weight excluding hydrogens is 442 g/mol. The number of non-ortho nitro benzene ring substituents is 1. The second-order valence-corrected chi connectivity index (χ2v) is 7.46. The first-order valence-corrected chi connectivity index (χ1v) is 10.3. The lowest BCUT2D eigenvalue weighted by atomic mass is 10.1. The van der Waals surface area contributed by atoms with E-state index in [2.05, 4.69) is 5.32 Å². The molecule has 1 fully saturated rings. The number of hydrogen-bond donors (Lipinski definition) is 1. The molecule has 9 heteroatoms. The molecule has 1 saturated heterocycles. The van der Waals surface area contributed by atoms with Gasteiger partial charge in [0.1, 0.15) is 17.9 Å². The molecule has 4 rings (SSSR count). The quantitative estimate of drug-likeness (QED) is 0.197. The lowest BCUT2D eigenvalue weighted by Gasteiger charge is -2.28. The molecule has 1 heterocycles. The number of carbonyl (C=O) groups excluding carboxylic acids is 2. The van der Waals surface area contributed by atoms with Gasteiger partial charge in [0.05, 0.1) is 10.6 Å². The van der Waals surface area contributed by atoms with Crippen LogP contribution in [0.5, 0.6) is 5.75 Å². The van der Waals surface area contributed by atoms with Gasteiger partial charge in [-0.3, -0.25) is 29.9 Å². The number of carbonyl (C=O) groups is 2. The monoisotopic (exact) mass is 459 g/mol. The fraction of sp³-hybridized carbons (Fsp3) is 0.0417. The number of ether oxygens (including phenoxy) is 1. The standard InChI is InChI=1S/C24H17N3O5S/c28-22-21(23(29)26(24(33)25-22)18-6-2-1-3-7-18)14-16-9-11-20(12-10-16)32-15-17-5-4-8-19(13-17)27(30)31/h1-14H,15H2,(H,25,28,33)/b21-14-. The van der Waals surface area contributed by atoms with E-state index in [1.165, 1.54) is 23.1 Å². The van der Waals surface area contributed by atoms with Gasteiger partial charge in [0.15, 0.2) is 5.11 Å². The Morgan fingerprint density at radius 3 is 2.42 bits per heavy atom. The summed E-state index contributed by atoms with van der Waals surface area (Å²) in [5.41, 5.74) is 1.80. The molecule has 3 aromatic rings. The number of rotatable bonds is 6. The van der Waals surface area contributed by atoms with Crippen molar-refractivity contribution in [3.63, 3.8) is 0 Å². The van der Waals surface area contributed by atoms with Crippen LogP contribution in [0.25, 0.3) is 6.08 Å². The first-order valence-electron chi connectivity index (χ1n) is 9.85. The third-order valence-corrected chi connectivity index (χ3v) is 5.12. The number of anilines is 1. The zero-order chi connectivity index (χ0) is 23.4. The molecule has 0 radical (unpaired) electrons. The molecule has 1 aliphatic rings. The second kappa shape index (κ2) is 9.41. The third-order valence-electron chi connectivity index (χ3n) is 4.83. The molecule has 0 unspecified atom stereocenters. The normalized spacial score (nSPS) is 14.8. The van der Waals surface area contributed by atoms with Crippen molar-refractivity contribution in [2.75, 3.05) is 4.90 Å². The molecule has 164 valence electrons. The second-order valence-electron chi connectivity index (χ2n) is 7.08. The average Bonchev–Trinajstić information content (AvgIpc) is 2.82. The maximum absolute atomic E-state index is 13.0. The molecule has 0 atom stereocenters. The van der Waals surface area contributed by atoms with E-state index >= 15 is 0 Å². The van der Waals surface area contributed by atoms with Gasteiger partial charge >= 0.3 is 0 Å². The number of nitro benzene ring substituents is 1. The summed E-state index contributed by atoms with van der Waals surface area (Å²) < 4.78 is 5.69. The van der Waals surface area contributed by atoms with E-state index in [1.54, 1.807) is 60.7 Å². The number of nitro groups is 1. The minimum atomic E-state index is -0.567. The summed E-state index contributed by atoms with van der Waals surface area (Å²) in [6, 6.07) is 21.8. The molecule has 1 aliphatic heterocycles. The summed E-state index contributed by atoms with van der Waals surface area (Å²) >= 11 is 5.18. The van der Waals surface area contributed by atoms with Crippen LogP contribution in [0.15, 0.2) is 84.4 Å². The number of amides is 2. The SMILES string of the molecule is O=C1NC(=S)N(c2ccccc2)C(=O)/C1=C\c1ccc(OCc2cccc([N+](=O)[O-])c2)cc1. The lowest BCUT2D eigenvalue weighted by Crippen LogP contribution is -2.54. The van der Waals surface area contributed by atoms with Crippen molar-refractivity contribution >= 4 is 46.6 Å². The van der Waals surface area contributed by atoms with Crippen molar-refractivity contribution in [1.29, 1.82) is 0 Å². The van der Waals surface area contributed by atoms with Crippen LogP contribution < -0.4 is 15.0 Å². The van der Waals surface area contributed by atoms with E-state index in [9.17, 15) is 19.7 Å². The number of para-hydroxylation sites is 1. The van der Waals surface area contributed by atoms with E-state index in [4.69, 9.17) is 17.0 Å². The molecule has 0 bridgehead atoms. The zero-order valence-electron chi connectivity index (χ0n) is 17.1. The molecule has 3 aromatic carbocycles. The van der Waals surface area contributed by atoms with Crippen LogP contribution in [0.3, 0.4) is 0 Å². The molecule has 8 nitrogen and oxygen atoms in total. The average molecular weight is 459 g/mol. The van der Waals surface area contributed by atoms with Crippen LogP contribution in [0.1, 0.15) is 11.1 Å². The van der Waals surface area contributed by atoms with Crippen molar-refractivity contribution in [2.45, 2.75) is 6.61 Å². The Hall–Kier alpha value is -4.37. The van der Waals surface area contributed by atoms with Gasteiger partial charge < -0.3 is 4.74 Å². The van der Waals surface area contributed by atoms with Crippen molar-refractivity contribution < 1.29 is 19.2 Å². The van der Waals surface area contributed by atoms with Crippen LogP contribution in [0, 0.1) is 10.1 Å². The zero-order valence-corrected chi connectivity index (χ0v) is 18.0. The molecule has 0 aliphatic carbocycles.